The zero-order chi connectivity index (χ0) is 30.1. The first-order chi connectivity index (χ1) is 19.3. The third-order valence-electron chi connectivity index (χ3n) is 7.06. The predicted molar refractivity (Wildman–Crippen MR) is 144 cm³/mol. The van der Waals surface area contributed by atoms with Gasteiger partial charge in [-0.05, 0) is 42.3 Å². The van der Waals surface area contributed by atoms with Crippen molar-refractivity contribution in [3.05, 3.63) is 77.6 Å². The maximum atomic E-state index is 15.4. The molecule has 0 spiro atoms. The summed E-state index contributed by atoms with van der Waals surface area (Å²) in [6.45, 7) is 3.46. The second-order valence-corrected chi connectivity index (χ2v) is 12.9. The molecule has 4 rings (SSSR count). The van der Waals surface area contributed by atoms with Gasteiger partial charge in [0.25, 0.3) is 0 Å². The molecule has 0 bridgehead atoms. The van der Waals surface area contributed by atoms with Gasteiger partial charge in [-0.15, -0.1) is 0 Å². The number of hydrogen-bond acceptors (Lipinski definition) is 3. The van der Waals surface area contributed by atoms with Gasteiger partial charge in [-0.25, -0.2) is 18.0 Å². The molecule has 6 nitrogen and oxygen atoms in total. The van der Waals surface area contributed by atoms with E-state index in [0.29, 0.717) is 29.3 Å². The average molecular weight is 597 g/mol. The van der Waals surface area contributed by atoms with E-state index >= 15 is 8.78 Å². The fourth-order valence-corrected chi connectivity index (χ4v) is 6.86. The standard InChI is InChI=1S/C28H26F6N3O3P/c1-3-41(40,4-2)23-8-6-5-7-17(23)18-10-12-22(25(31)24(18)30)37-14-13-21(26(37)38)36-27(39)35-20-11-9-16(15-19(20)29)28(32,33)34/h5-12,15,21H,3-4,13-14H2,1-2H3,(H2,35,36,39)/t21-/m1/s1. The summed E-state index contributed by atoms with van der Waals surface area (Å²) >= 11 is 0. The van der Waals surface area contributed by atoms with Gasteiger partial charge in [-0.1, -0.05) is 38.1 Å². The molecule has 0 unspecified atom stereocenters. The Bertz CT molecular complexity index is 1540. The number of urea groups is 1. The molecular formula is C28H26F6N3O3P. The quantitative estimate of drug-likeness (QED) is 0.234. The number of anilines is 2. The number of hydrogen-bond donors (Lipinski definition) is 2. The third kappa shape index (κ3) is 5.98. The predicted octanol–water partition coefficient (Wildman–Crippen LogP) is 6.74. The van der Waals surface area contributed by atoms with Crippen LogP contribution in [0, 0.1) is 17.5 Å². The van der Waals surface area contributed by atoms with Gasteiger partial charge in [0.2, 0.25) is 5.91 Å². The van der Waals surface area contributed by atoms with Crippen molar-refractivity contribution in [3.8, 4) is 11.1 Å². The van der Waals surface area contributed by atoms with Crippen LogP contribution in [0.4, 0.5) is 42.5 Å². The maximum Gasteiger partial charge on any atom is 0.416 e. The molecule has 0 aromatic heterocycles. The Hall–Kier alpha value is -3.79. The van der Waals surface area contributed by atoms with Gasteiger partial charge in [0, 0.05) is 29.7 Å². The Morgan fingerprint density at radius 1 is 0.976 bits per heavy atom. The molecule has 3 aromatic carbocycles. The van der Waals surface area contributed by atoms with Crippen molar-refractivity contribution in [2.75, 3.05) is 29.1 Å². The van der Waals surface area contributed by atoms with Crippen molar-refractivity contribution in [2.45, 2.75) is 32.5 Å². The maximum absolute atomic E-state index is 15.4. The molecule has 41 heavy (non-hydrogen) atoms. The van der Waals surface area contributed by atoms with Gasteiger partial charge in [0.1, 0.15) is 19.0 Å². The third-order valence-corrected chi connectivity index (χ3v) is 10.4. The van der Waals surface area contributed by atoms with Crippen LogP contribution in [0.5, 0.6) is 0 Å². The molecular weight excluding hydrogens is 571 g/mol. The minimum atomic E-state index is -4.77. The van der Waals surface area contributed by atoms with Crippen LogP contribution < -0.4 is 20.8 Å². The Balaban J connectivity index is 1.52. The number of alkyl halides is 3. The summed E-state index contributed by atoms with van der Waals surface area (Å²) in [4.78, 5) is 26.3. The summed E-state index contributed by atoms with van der Waals surface area (Å²) in [6, 6.07) is 8.32. The molecule has 1 atom stereocenters. The molecule has 1 aliphatic heterocycles. The number of nitrogens with zero attached hydrogens (tertiary/aromatic N) is 1. The van der Waals surface area contributed by atoms with Crippen LogP contribution in [-0.4, -0.2) is 36.8 Å². The number of carbonyl (C=O) groups excluding carboxylic acids is 2. The number of rotatable bonds is 7. The number of halogens is 6. The summed E-state index contributed by atoms with van der Waals surface area (Å²) < 4.78 is 96.4. The van der Waals surface area contributed by atoms with E-state index in [1.54, 1.807) is 38.1 Å². The van der Waals surface area contributed by atoms with Gasteiger partial charge in [-0.3, -0.25) is 4.79 Å². The minimum Gasteiger partial charge on any atom is -0.326 e. The topological polar surface area (TPSA) is 78.5 Å². The van der Waals surface area contributed by atoms with E-state index in [4.69, 9.17) is 0 Å². The first kappa shape index (κ1) is 30.2. The lowest BCUT2D eigenvalue weighted by molar-refractivity contribution is -0.137. The number of amides is 3. The van der Waals surface area contributed by atoms with E-state index in [2.05, 4.69) is 5.32 Å². The molecule has 218 valence electrons. The summed E-state index contributed by atoms with van der Waals surface area (Å²) in [7, 11) is -2.85. The van der Waals surface area contributed by atoms with Crippen LogP contribution in [0.2, 0.25) is 0 Å². The van der Waals surface area contributed by atoms with Crippen LogP contribution in [0.25, 0.3) is 11.1 Å². The zero-order valence-electron chi connectivity index (χ0n) is 22.0. The molecule has 1 saturated heterocycles. The van der Waals surface area contributed by atoms with Crippen LogP contribution >= 0.6 is 7.14 Å². The number of benzene rings is 3. The van der Waals surface area contributed by atoms with Crippen molar-refractivity contribution in [1.82, 2.24) is 5.32 Å². The minimum absolute atomic E-state index is 0.00354. The molecule has 3 aromatic rings. The Kier molecular flexibility index (Phi) is 8.54. The van der Waals surface area contributed by atoms with Crippen LogP contribution in [0.15, 0.2) is 54.6 Å². The van der Waals surface area contributed by atoms with Crippen LogP contribution in [-0.2, 0) is 15.5 Å². The zero-order valence-corrected chi connectivity index (χ0v) is 22.9. The molecule has 3 amide bonds. The van der Waals surface area contributed by atoms with E-state index in [1.165, 1.54) is 12.1 Å². The monoisotopic (exact) mass is 597 g/mol. The van der Waals surface area contributed by atoms with Gasteiger partial charge < -0.3 is 20.1 Å². The van der Waals surface area contributed by atoms with Crippen molar-refractivity contribution in [3.63, 3.8) is 0 Å². The van der Waals surface area contributed by atoms with E-state index in [0.717, 1.165) is 11.0 Å². The fraction of sp³-hybridized carbons (Fsp3) is 0.286. The second kappa shape index (κ2) is 11.6. The van der Waals surface area contributed by atoms with Crippen LogP contribution in [0.1, 0.15) is 25.8 Å². The number of carbonyl (C=O) groups is 2. The van der Waals surface area contributed by atoms with Gasteiger partial charge in [0.15, 0.2) is 11.6 Å². The lowest BCUT2D eigenvalue weighted by Gasteiger charge is -2.21. The molecule has 1 fully saturated rings. The van der Waals surface area contributed by atoms with Gasteiger partial charge in [0.05, 0.1) is 16.9 Å². The summed E-state index contributed by atoms with van der Waals surface area (Å²) in [6.07, 6.45) is -4.08. The number of nitrogens with one attached hydrogen (secondary N) is 2. The second-order valence-electron chi connectivity index (χ2n) is 9.42. The van der Waals surface area contributed by atoms with Crippen LogP contribution in [0.3, 0.4) is 0 Å². The molecule has 2 N–H and O–H groups in total. The molecule has 13 heteroatoms. The molecule has 0 radical (unpaired) electrons. The highest BCUT2D eigenvalue weighted by molar-refractivity contribution is 7.71. The van der Waals surface area contributed by atoms with Gasteiger partial charge in [-0.2, -0.15) is 13.2 Å². The van der Waals surface area contributed by atoms with Gasteiger partial charge >= 0.3 is 12.2 Å². The summed E-state index contributed by atoms with van der Waals surface area (Å²) in [5.41, 5.74) is -1.96. The van der Waals surface area contributed by atoms with Crippen molar-refractivity contribution in [1.29, 1.82) is 0 Å². The van der Waals surface area contributed by atoms with E-state index < -0.39 is 60.0 Å². The normalized spacial score (nSPS) is 15.8. The SMILES string of the molecule is CCP(=O)(CC)c1ccccc1-c1ccc(N2CC[C@@H](NC(=O)Nc3ccc(C(F)(F)F)cc3F)C2=O)c(F)c1F. The highest BCUT2D eigenvalue weighted by Crippen LogP contribution is 2.46. The molecule has 0 aliphatic carbocycles. The van der Waals surface area contributed by atoms with Crippen molar-refractivity contribution < 1.29 is 40.5 Å². The smallest absolute Gasteiger partial charge is 0.326 e. The first-order valence-corrected chi connectivity index (χ1v) is 14.8. The largest absolute Gasteiger partial charge is 0.416 e. The highest BCUT2D eigenvalue weighted by atomic mass is 31.2. The van der Waals surface area contributed by atoms with E-state index in [-0.39, 0.29) is 30.3 Å². The summed E-state index contributed by atoms with van der Waals surface area (Å²) in [5.74, 6) is -4.62. The van der Waals surface area contributed by atoms with E-state index in [9.17, 15) is 31.7 Å². The Morgan fingerprint density at radius 3 is 2.29 bits per heavy atom. The fourth-order valence-electron chi connectivity index (χ4n) is 4.74. The lowest BCUT2D eigenvalue weighted by atomic mass is 10.0. The highest BCUT2D eigenvalue weighted by Gasteiger charge is 2.37. The Morgan fingerprint density at radius 2 is 1.66 bits per heavy atom. The first-order valence-electron chi connectivity index (χ1n) is 12.7. The Labute approximate surface area is 232 Å². The molecule has 0 saturated carbocycles. The van der Waals surface area contributed by atoms with Crippen molar-refractivity contribution in [2.24, 2.45) is 0 Å². The molecule has 1 heterocycles. The summed E-state index contributed by atoms with van der Waals surface area (Å²) in [5, 5.41) is 4.76. The molecule has 1 aliphatic rings. The average Bonchev–Trinajstić information content (AvgIpc) is 3.29. The van der Waals surface area contributed by atoms with E-state index in [1.807, 2.05) is 5.32 Å². The van der Waals surface area contributed by atoms with Crippen molar-refractivity contribution >= 4 is 35.8 Å². The lowest BCUT2D eigenvalue weighted by Crippen LogP contribution is -2.43.